The molecule has 0 radical (unpaired) electrons. The van der Waals surface area contributed by atoms with Crippen LogP contribution in [-0.2, 0) is 19.2 Å². The van der Waals surface area contributed by atoms with E-state index in [0.717, 1.165) is 0 Å². The molecule has 0 aliphatic rings. The fourth-order valence-corrected chi connectivity index (χ4v) is 2.21. The molecule has 0 aliphatic heterocycles. The van der Waals surface area contributed by atoms with Crippen LogP contribution >= 0.6 is 0 Å². The van der Waals surface area contributed by atoms with Gasteiger partial charge in [-0.1, -0.05) is 0 Å². The molecule has 7 heteroatoms. The molecule has 0 heterocycles. The van der Waals surface area contributed by atoms with Gasteiger partial charge in [0.25, 0.3) is 0 Å². The zero-order chi connectivity index (χ0) is 17.8. The Morgan fingerprint density at radius 1 is 0.652 bits per heavy atom. The molecule has 7 nitrogen and oxygen atoms in total. The summed E-state index contributed by atoms with van der Waals surface area (Å²) in [5.74, 6) is 0.137. The Labute approximate surface area is 138 Å². The molecular weight excluding hydrogens is 298 g/mol. The number of carbonyl (C=O) groups excluding carboxylic acids is 4. The van der Waals surface area contributed by atoms with Crippen molar-refractivity contribution in [2.45, 2.75) is 27.7 Å². The Balaban J connectivity index is 4.41. The molecule has 132 valence electrons. The lowest BCUT2D eigenvalue weighted by molar-refractivity contribution is -0.122. The Kier molecular flexibility index (Phi) is 11.3. The molecule has 0 bridgehead atoms. The van der Waals surface area contributed by atoms with Crippen molar-refractivity contribution in [3.63, 3.8) is 0 Å². The summed E-state index contributed by atoms with van der Waals surface area (Å²) in [5.41, 5.74) is 0. The van der Waals surface area contributed by atoms with Gasteiger partial charge in [0.2, 0.25) is 0 Å². The van der Waals surface area contributed by atoms with Gasteiger partial charge in [-0.05, 0) is 27.7 Å². The van der Waals surface area contributed by atoms with Crippen molar-refractivity contribution in [3.8, 4) is 0 Å². The largest absolute Gasteiger partial charge is 0.309 e. The van der Waals surface area contributed by atoms with E-state index in [2.05, 4.69) is 5.32 Å². The van der Waals surface area contributed by atoms with E-state index >= 15 is 0 Å². The van der Waals surface area contributed by atoms with E-state index in [1.54, 1.807) is 4.90 Å². The van der Waals surface area contributed by atoms with Crippen LogP contribution in [0.1, 0.15) is 27.7 Å². The molecule has 0 spiro atoms. The minimum Gasteiger partial charge on any atom is -0.309 e. The van der Waals surface area contributed by atoms with E-state index < -0.39 is 0 Å². The summed E-state index contributed by atoms with van der Waals surface area (Å²) in [5, 5.41) is 3.02. The number of hydrogen-bond donors (Lipinski definition) is 1. The molecule has 0 saturated carbocycles. The minimum absolute atomic E-state index is 0.00694. The summed E-state index contributed by atoms with van der Waals surface area (Å²) in [6, 6.07) is 0. The average molecular weight is 327 g/mol. The summed E-state index contributed by atoms with van der Waals surface area (Å²) in [7, 11) is 0. The molecule has 0 unspecified atom stereocenters. The number of rotatable bonds is 14. The highest BCUT2D eigenvalue weighted by molar-refractivity contribution is 5.80. The lowest BCUT2D eigenvalue weighted by Crippen LogP contribution is -2.43. The van der Waals surface area contributed by atoms with Gasteiger partial charge in [0.15, 0.2) is 0 Å². The fraction of sp³-hybridized carbons (Fsp3) is 0.750. The molecule has 0 atom stereocenters. The maximum absolute atomic E-state index is 11.4. The third-order valence-corrected chi connectivity index (χ3v) is 3.05. The first-order valence-electron chi connectivity index (χ1n) is 7.84. The smallest absolute Gasteiger partial charge is 0.143 e. The zero-order valence-electron chi connectivity index (χ0n) is 14.7. The van der Waals surface area contributed by atoms with E-state index in [1.165, 1.54) is 27.7 Å². The van der Waals surface area contributed by atoms with Gasteiger partial charge in [0, 0.05) is 26.2 Å². The van der Waals surface area contributed by atoms with Crippen molar-refractivity contribution in [1.29, 1.82) is 0 Å². The minimum atomic E-state index is 0.00694. The van der Waals surface area contributed by atoms with E-state index in [9.17, 15) is 19.2 Å². The van der Waals surface area contributed by atoms with Crippen LogP contribution in [0.15, 0.2) is 0 Å². The van der Waals surface area contributed by atoms with Crippen LogP contribution in [0.25, 0.3) is 0 Å². The lowest BCUT2D eigenvalue weighted by Gasteiger charge is -2.26. The van der Waals surface area contributed by atoms with Gasteiger partial charge < -0.3 is 5.32 Å². The van der Waals surface area contributed by atoms with Crippen LogP contribution < -0.4 is 5.32 Å². The van der Waals surface area contributed by atoms with E-state index in [1.807, 2.05) is 4.90 Å². The zero-order valence-corrected chi connectivity index (χ0v) is 14.7. The van der Waals surface area contributed by atoms with Crippen molar-refractivity contribution in [2.24, 2.45) is 0 Å². The first-order valence-corrected chi connectivity index (χ1v) is 7.84. The van der Waals surface area contributed by atoms with Crippen molar-refractivity contribution in [3.05, 3.63) is 0 Å². The number of nitrogens with zero attached hydrogens (tertiary/aromatic N) is 2. The molecule has 0 saturated heterocycles. The molecule has 0 amide bonds. The lowest BCUT2D eigenvalue weighted by atomic mass is 10.3. The average Bonchev–Trinajstić information content (AvgIpc) is 2.38. The molecule has 0 aromatic rings. The van der Waals surface area contributed by atoms with Crippen LogP contribution in [0.5, 0.6) is 0 Å². The third-order valence-electron chi connectivity index (χ3n) is 3.05. The van der Waals surface area contributed by atoms with Crippen molar-refractivity contribution in [2.75, 3.05) is 52.4 Å². The van der Waals surface area contributed by atoms with Crippen LogP contribution in [0.4, 0.5) is 0 Å². The third kappa shape index (κ3) is 13.9. The molecule has 1 N–H and O–H groups in total. The van der Waals surface area contributed by atoms with E-state index in [0.29, 0.717) is 39.3 Å². The van der Waals surface area contributed by atoms with E-state index in [-0.39, 0.29) is 36.2 Å². The number of hydrogen-bond acceptors (Lipinski definition) is 7. The summed E-state index contributed by atoms with van der Waals surface area (Å²) in [4.78, 5) is 48.5. The fourth-order valence-electron chi connectivity index (χ4n) is 2.21. The predicted molar refractivity (Wildman–Crippen MR) is 88.5 cm³/mol. The van der Waals surface area contributed by atoms with Gasteiger partial charge in [-0.15, -0.1) is 0 Å². The Bertz CT molecular complexity index is 408. The quantitative estimate of drug-likeness (QED) is 0.432. The van der Waals surface area contributed by atoms with Crippen LogP contribution in [-0.4, -0.2) is 85.3 Å². The first kappa shape index (κ1) is 21.6. The topological polar surface area (TPSA) is 86.8 Å². The van der Waals surface area contributed by atoms with Crippen LogP contribution in [0.3, 0.4) is 0 Å². The Morgan fingerprint density at radius 2 is 1.09 bits per heavy atom. The molecule has 23 heavy (non-hydrogen) atoms. The molecule has 0 aromatic carbocycles. The van der Waals surface area contributed by atoms with Crippen molar-refractivity contribution < 1.29 is 19.2 Å². The second-order valence-corrected chi connectivity index (χ2v) is 5.97. The molecule has 0 aromatic heterocycles. The Hall–Kier alpha value is -1.44. The summed E-state index contributed by atoms with van der Waals surface area (Å²) in [6.45, 7) is 9.48. The summed E-state index contributed by atoms with van der Waals surface area (Å²) >= 11 is 0. The monoisotopic (exact) mass is 327 g/mol. The van der Waals surface area contributed by atoms with Gasteiger partial charge in [-0.25, -0.2) is 0 Å². The maximum atomic E-state index is 11.4. The Morgan fingerprint density at radius 3 is 1.52 bits per heavy atom. The highest BCUT2D eigenvalue weighted by Gasteiger charge is 2.13. The summed E-state index contributed by atoms with van der Waals surface area (Å²) in [6.07, 6.45) is 0. The SMILES string of the molecule is CC(=O)CNCCN(CCN(CC(C)=O)CC(C)=O)CC(C)=O. The molecule has 0 aliphatic carbocycles. The highest BCUT2D eigenvalue weighted by atomic mass is 16.1. The normalized spacial score (nSPS) is 11.0. The van der Waals surface area contributed by atoms with Gasteiger partial charge in [-0.2, -0.15) is 0 Å². The number of carbonyl (C=O) groups is 4. The van der Waals surface area contributed by atoms with Crippen molar-refractivity contribution in [1.82, 2.24) is 15.1 Å². The van der Waals surface area contributed by atoms with Gasteiger partial charge in [0.1, 0.15) is 23.1 Å². The number of ketones is 4. The highest BCUT2D eigenvalue weighted by Crippen LogP contribution is 1.95. The van der Waals surface area contributed by atoms with Crippen LogP contribution in [0, 0.1) is 0 Å². The standard InChI is InChI=1S/C16H29N3O4/c1-13(20)9-17-5-6-18(10-14(2)21)7-8-19(11-15(3)22)12-16(4)23/h17H,5-12H2,1-4H3. The van der Waals surface area contributed by atoms with E-state index in [4.69, 9.17) is 0 Å². The number of Topliss-reactive ketones (excluding diaryl/α,β-unsaturated/α-hetero) is 4. The number of nitrogens with one attached hydrogen (secondary N) is 1. The van der Waals surface area contributed by atoms with Gasteiger partial charge >= 0.3 is 0 Å². The second-order valence-electron chi connectivity index (χ2n) is 5.97. The van der Waals surface area contributed by atoms with Crippen LogP contribution in [0.2, 0.25) is 0 Å². The first-order chi connectivity index (χ1) is 10.7. The maximum Gasteiger partial charge on any atom is 0.143 e. The summed E-state index contributed by atoms with van der Waals surface area (Å²) < 4.78 is 0. The molecular formula is C16H29N3O4. The second kappa shape index (κ2) is 12.0. The van der Waals surface area contributed by atoms with Crippen molar-refractivity contribution >= 4 is 23.1 Å². The molecule has 0 fully saturated rings. The van der Waals surface area contributed by atoms with Gasteiger partial charge in [-0.3, -0.25) is 29.0 Å². The van der Waals surface area contributed by atoms with Gasteiger partial charge in [0.05, 0.1) is 26.2 Å². The predicted octanol–water partition coefficient (Wildman–Crippen LogP) is -0.464. The molecule has 0 rings (SSSR count).